The van der Waals surface area contributed by atoms with Crippen molar-refractivity contribution in [3.8, 4) is 11.1 Å². The largest absolute Gasteiger partial charge is 0.0616 e. The minimum atomic E-state index is 1.18. The molecule has 0 aliphatic heterocycles. The summed E-state index contributed by atoms with van der Waals surface area (Å²) < 4.78 is 0. The maximum Gasteiger partial charge on any atom is -0.00992 e. The lowest BCUT2D eigenvalue weighted by molar-refractivity contribution is 1.02. The first-order valence-corrected chi connectivity index (χ1v) is 6.43. The van der Waals surface area contributed by atoms with Crippen LogP contribution < -0.4 is 0 Å². The first-order valence-electron chi connectivity index (χ1n) is 6.43. The second-order valence-corrected chi connectivity index (χ2v) is 4.93. The lowest BCUT2D eigenvalue weighted by Gasteiger charge is -2.07. The molecule has 0 atom stereocenters. The lowest BCUT2D eigenvalue weighted by Crippen LogP contribution is -1.83. The molecule has 0 nitrogen and oxygen atoms in total. The van der Waals surface area contributed by atoms with Crippen molar-refractivity contribution in [3.05, 3.63) is 71.8 Å². The predicted octanol–water partition coefficient (Wildman–Crippen LogP) is 4.41. The van der Waals surface area contributed by atoms with Crippen LogP contribution in [0.1, 0.15) is 11.1 Å². The van der Waals surface area contributed by atoms with Gasteiger partial charge in [-0.15, -0.1) is 0 Å². The van der Waals surface area contributed by atoms with Gasteiger partial charge in [-0.2, -0.15) is 0 Å². The van der Waals surface area contributed by atoms with E-state index in [2.05, 4.69) is 48.5 Å². The van der Waals surface area contributed by atoms with Gasteiger partial charge in [0.1, 0.15) is 0 Å². The summed E-state index contributed by atoms with van der Waals surface area (Å²) in [5.41, 5.74) is 5.48. The van der Waals surface area contributed by atoms with E-state index in [4.69, 9.17) is 0 Å². The van der Waals surface area contributed by atoms with Crippen molar-refractivity contribution in [1.82, 2.24) is 0 Å². The van der Waals surface area contributed by atoms with E-state index in [0.29, 0.717) is 0 Å². The molecule has 85 valence electrons. The minimum Gasteiger partial charge on any atom is -0.0616 e. The molecule has 0 aromatic heterocycles. The van der Waals surface area contributed by atoms with Crippen LogP contribution in [0.5, 0.6) is 0 Å². The first-order chi connectivity index (χ1) is 8.92. The van der Waals surface area contributed by atoms with Crippen molar-refractivity contribution >= 4 is 10.8 Å². The Morgan fingerprint density at radius 3 is 2.67 bits per heavy atom. The molecule has 0 fully saturated rings. The standard InChI is InChI=1S/C18H13/c1-2-5-13(6-3-1)17-11-15-8-4-7-14-9-10-16(12-17)18(14)15/h1-5,7-8,11-12H,9-10H2. The van der Waals surface area contributed by atoms with Crippen LogP contribution in [0.25, 0.3) is 21.9 Å². The van der Waals surface area contributed by atoms with Gasteiger partial charge >= 0.3 is 0 Å². The zero-order valence-corrected chi connectivity index (χ0v) is 10.1. The number of hydrogen-bond acceptors (Lipinski definition) is 0. The molecular weight excluding hydrogens is 216 g/mol. The Bertz CT molecular complexity index is 724. The Labute approximate surface area is 107 Å². The van der Waals surface area contributed by atoms with Crippen LogP contribution >= 0.6 is 0 Å². The predicted molar refractivity (Wildman–Crippen MR) is 75.6 cm³/mol. The highest BCUT2D eigenvalue weighted by atomic mass is 14.2. The van der Waals surface area contributed by atoms with Gasteiger partial charge in [0.25, 0.3) is 0 Å². The number of aryl methyl sites for hydroxylation is 2. The maximum atomic E-state index is 3.32. The molecule has 3 aromatic carbocycles. The number of benzene rings is 3. The van der Waals surface area contributed by atoms with Crippen LogP contribution in [0, 0.1) is 6.07 Å². The number of rotatable bonds is 1. The third-order valence-electron chi connectivity index (χ3n) is 3.83. The zero-order valence-electron chi connectivity index (χ0n) is 10.1. The Morgan fingerprint density at radius 1 is 0.833 bits per heavy atom. The van der Waals surface area contributed by atoms with E-state index >= 15 is 0 Å². The normalized spacial score (nSPS) is 13.1. The molecule has 0 heterocycles. The Hall–Kier alpha value is -2.08. The molecule has 1 aliphatic carbocycles. The van der Waals surface area contributed by atoms with E-state index in [1.165, 1.54) is 45.9 Å². The molecule has 0 N–H and O–H groups in total. The minimum absolute atomic E-state index is 1.18. The summed E-state index contributed by atoms with van der Waals surface area (Å²) in [6, 6.07) is 22.8. The molecule has 0 bridgehead atoms. The highest BCUT2D eigenvalue weighted by molar-refractivity contribution is 5.94. The molecule has 0 saturated carbocycles. The van der Waals surface area contributed by atoms with Crippen molar-refractivity contribution in [2.24, 2.45) is 0 Å². The van der Waals surface area contributed by atoms with Gasteiger partial charge in [0.15, 0.2) is 0 Å². The van der Waals surface area contributed by atoms with Crippen molar-refractivity contribution in [1.29, 1.82) is 0 Å². The third-order valence-corrected chi connectivity index (χ3v) is 3.83. The quantitative estimate of drug-likeness (QED) is 0.580. The van der Waals surface area contributed by atoms with E-state index in [9.17, 15) is 0 Å². The summed E-state index contributed by atoms with van der Waals surface area (Å²) in [7, 11) is 0. The zero-order chi connectivity index (χ0) is 11.9. The molecule has 4 rings (SSSR count). The van der Waals surface area contributed by atoms with E-state index in [0.717, 1.165) is 0 Å². The molecule has 3 aromatic rings. The molecule has 0 unspecified atom stereocenters. The molecule has 0 amide bonds. The van der Waals surface area contributed by atoms with Gasteiger partial charge in [-0.1, -0.05) is 48.5 Å². The Kier molecular flexibility index (Phi) is 2.04. The van der Waals surface area contributed by atoms with Gasteiger partial charge < -0.3 is 0 Å². The summed E-state index contributed by atoms with van der Waals surface area (Å²) in [5, 5.41) is 2.85. The van der Waals surface area contributed by atoms with Crippen LogP contribution in [0.3, 0.4) is 0 Å². The average Bonchev–Trinajstić information content (AvgIpc) is 2.85. The van der Waals surface area contributed by atoms with E-state index < -0.39 is 0 Å². The molecule has 1 radical (unpaired) electrons. The highest BCUT2D eigenvalue weighted by Crippen LogP contribution is 2.34. The molecule has 0 saturated heterocycles. The lowest BCUT2D eigenvalue weighted by atomic mass is 9.98. The van der Waals surface area contributed by atoms with Gasteiger partial charge in [0, 0.05) is 0 Å². The van der Waals surface area contributed by atoms with Gasteiger partial charge in [-0.3, -0.25) is 0 Å². The fraction of sp³-hybridized carbons (Fsp3) is 0.111. The monoisotopic (exact) mass is 229 g/mol. The van der Waals surface area contributed by atoms with Crippen molar-refractivity contribution in [2.45, 2.75) is 12.8 Å². The second-order valence-electron chi connectivity index (χ2n) is 4.93. The third kappa shape index (κ3) is 1.39. The highest BCUT2D eigenvalue weighted by Gasteiger charge is 2.15. The van der Waals surface area contributed by atoms with Gasteiger partial charge in [-0.25, -0.2) is 0 Å². The van der Waals surface area contributed by atoms with Crippen LogP contribution in [0.2, 0.25) is 0 Å². The van der Waals surface area contributed by atoms with Crippen LogP contribution in [-0.2, 0) is 12.8 Å². The molecule has 1 aliphatic rings. The van der Waals surface area contributed by atoms with E-state index in [1.54, 1.807) is 0 Å². The average molecular weight is 229 g/mol. The maximum absolute atomic E-state index is 3.32. The topological polar surface area (TPSA) is 0 Å². The summed E-state index contributed by atoms with van der Waals surface area (Å²) >= 11 is 0. The first kappa shape index (κ1) is 9.90. The summed E-state index contributed by atoms with van der Waals surface area (Å²) in [6.45, 7) is 0. The molecular formula is C18H13. The van der Waals surface area contributed by atoms with E-state index in [1.807, 2.05) is 12.1 Å². The van der Waals surface area contributed by atoms with Crippen molar-refractivity contribution in [3.63, 3.8) is 0 Å². The molecule has 0 spiro atoms. The smallest absolute Gasteiger partial charge is 0.00992 e. The summed E-state index contributed by atoms with van der Waals surface area (Å²) in [5.74, 6) is 0. The summed E-state index contributed by atoms with van der Waals surface area (Å²) in [4.78, 5) is 0. The van der Waals surface area contributed by atoms with Gasteiger partial charge in [0.2, 0.25) is 0 Å². The fourth-order valence-corrected chi connectivity index (χ4v) is 3.00. The van der Waals surface area contributed by atoms with E-state index in [-0.39, 0.29) is 0 Å². The van der Waals surface area contributed by atoms with Crippen LogP contribution in [0.4, 0.5) is 0 Å². The van der Waals surface area contributed by atoms with Crippen LogP contribution in [-0.4, -0.2) is 0 Å². The van der Waals surface area contributed by atoms with Gasteiger partial charge in [-0.05, 0) is 58.0 Å². The fourth-order valence-electron chi connectivity index (χ4n) is 3.00. The Balaban J connectivity index is 2.02. The number of hydrogen-bond donors (Lipinski definition) is 0. The molecule has 18 heavy (non-hydrogen) atoms. The van der Waals surface area contributed by atoms with Crippen molar-refractivity contribution < 1.29 is 0 Å². The second kappa shape index (κ2) is 3.71. The summed E-state index contributed by atoms with van der Waals surface area (Å²) in [6.07, 6.45) is 2.37. The molecule has 0 heteroatoms. The Morgan fingerprint density at radius 2 is 1.78 bits per heavy atom. The van der Waals surface area contributed by atoms with Crippen LogP contribution in [0.15, 0.2) is 54.6 Å². The van der Waals surface area contributed by atoms with Crippen molar-refractivity contribution in [2.75, 3.05) is 0 Å². The van der Waals surface area contributed by atoms with Gasteiger partial charge in [0.05, 0.1) is 0 Å². The SMILES string of the molecule is [c]1ccccc1-c1cc2c3c(cccc3c1)CC2.